The van der Waals surface area contributed by atoms with Gasteiger partial charge >= 0.3 is 5.97 Å². The highest BCUT2D eigenvalue weighted by Gasteiger charge is 2.18. The van der Waals surface area contributed by atoms with Crippen molar-refractivity contribution in [2.45, 2.75) is 347 Å². The number of carbonyl (C=O) groups excluding carboxylic acids is 2. The number of rotatable bonds is 57. The summed E-state index contributed by atoms with van der Waals surface area (Å²) in [5, 5.41) is 23.1. The smallest absolute Gasteiger partial charge is 0.305 e. The first-order valence-electron chi connectivity index (χ1n) is 30.6. The van der Waals surface area contributed by atoms with Crippen molar-refractivity contribution < 1.29 is 24.5 Å². The zero-order chi connectivity index (χ0) is 49.3. The van der Waals surface area contributed by atoms with Crippen LogP contribution in [0.2, 0.25) is 0 Å². The van der Waals surface area contributed by atoms with Gasteiger partial charge < -0.3 is 20.3 Å². The standard InChI is InChI=1S/C62H119NO5/c1-3-5-7-9-11-13-15-17-18-29-32-36-40-44-48-52-56-62(67)68-57-53-49-45-41-37-33-30-27-25-23-21-19-20-22-24-26-28-31-35-39-43-47-51-55-61(66)63-59(58-64)60(65)54-50-46-42-38-34-16-14-12-10-8-6-4-2/h18,29,50,54,59-60,64-65H,3-17,19-28,30-49,51-53,55-58H2,1-2H3,(H,63,66)/b29-18-,54-50+. The molecule has 0 spiro atoms. The van der Waals surface area contributed by atoms with Gasteiger partial charge in [0.15, 0.2) is 0 Å². The molecular weight excluding hydrogens is 839 g/mol. The molecule has 0 aliphatic carbocycles. The van der Waals surface area contributed by atoms with Gasteiger partial charge in [-0.25, -0.2) is 0 Å². The zero-order valence-corrected chi connectivity index (χ0v) is 45.9. The number of aliphatic hydroxyl groups is 2. The molecule has 2 unspecified atom stereocenters. The molecular formula is C62H119NO5. The van der Waals surface area contributed by atoms with Gasteiger partial charge in [0.25, 0.3) is 0 Å². The Balaban J connectivity index is 3.37. The van der Waals surface area contributed by atoms with E-state index in [1.807, 2.05) is 6.08 Å². The summed E-state index contributed by atoms with van der Waals surface area (Å²) >= 11 is 0. The number of esters is 1. The fourth-order valence-corrected chi connectivity index (χ4v) is 9.51. The van der Waals surface area contributed by atoms with Crippen LogP contribution in [0.25, 0.3) is 0 Å². The second-order valence-corrected chi connectivity index (χ2v) is 21.0. The lowest BCUT2D eigenvalue weighted by molar-refractivity contribution is -0.143. The Morgan fingerprint density at radius 1 is 0.397 bits per heavy atom. The van der Waals surface area contributed by atoms with E-state index in [0.29, 0.717) is 19.4 Å². The minimum atomic E-state index is -0.842. The average Bonchev–Trinajstić information content (AvgIpc) is 3.34. The number of hydrogen-bond acceptors (Lipinski definition) is 5. The van der Waals surface area contributed by atoms with E-state index in [-0.39, 0.29) is 18.5 Å². The van der Waals surface area contributed by atoms with Gasteiger partial charge in [-0.05, 0) is 57.8 Å². The monoisotopic (exact) mass is 958 g/mol. The van der Waals surface area contributed by atoms with E-state index in [4.69, 9.17) is 4.74 Å². The predicted molar refractivity (Wildman–Crippen MR) is 296 cm³/mol. The van der Waals surface area contributed by atoms with Crippen molar-refractivity contribution in [2.75, 3.05) is 13.2 Å². The van der Waals surface area contributed by atoms with Gasteiger partial charge in [-0.15, -0.1) is 0 Å². The minimum Gasteiger partial charge on any atom is -0.466 e. The quantitative estimate of drug-likeness (QED) is 0.0321. The lowest BCUT2D eigenvalue weighted by atomic mass is 10.0. The molecule has 0 fully saturated rings. The molecule has 0 aliphatic heterocycles. The van der Waals surface area contributed by atoms with Gasteiger partial charge in [-0.3, -0.25) is 9.59 Å². The van der Waals surface area contributed by atoms with Crippen molar-refractivity contribution in [3.05, 3.63) is 24.3 Å². The third-order valence-corrected chi connectivity index (χ3v) is 14.2. The summed E-state index contributed by atoms with van der Waals surface area (Å²) in [6.45, 7) is 4.90. The number of nitrogens with one attached hydrogen (secondary N) is 1. The molecule has 6 heteroatoms. The second kappa shape index (κ2) is 57.9. The Morgan fingerprint density at radius 2 is 0.691 bits per heavy atom. The number of hydrogen-bond donors (Lipinski definition) is 3. The number of aliphatic hydroxyl groups excluding tert-OH is 2. The maximum Gasteiger partial charge on any atom is 0.305 e. The van der Waals surface area contributed by atoms with E-state index in [0.717, 1.165) is 44.9 Å². The van der Waals surface area contributed by atoms with Crippen LogP contribution in [0.4, 0.5) is 0 Å². The Labute approximate surface area is 424 Å². The molecule has 0 aromatic heterocycles. The van der Waals surface area contributed by atoms with E-state index >= 15 is 0 Å². The highest BCUT2D eigenvalue weighted by atomic mass is 16.5. The van der Waals surface area contributed by atoms with Crippen LogP contribution in [-0.4, -0.2) is 47.4 Å². The summed E-state index contributed by atoms with van der Waals surface area (Å²) in [6.07, 6.45) is 70.7. The van der Waals surface area contributed by atoms with E-state index < -0.39 is 12.1 Å². The van der Waals surface area contributed by atoms with Crippen LogP contribution in [0.3, 0.4) is 0 Å². The molecule has 0 aromatic rings. The summed E-state index contributed by atoms with van der Waals surface area (Å²) in [4.78, 5) is 24.5. The van der Waals surface area contributed by atoms with Crippen molar-refractivity contribution in [3.8, 4) is 0 Å². The summed E-state index contributed by atoms with van der Waals surface area (Å²) < 4.78 is 5.49. The number of allylic oxidation sites excluding steroid dienone is 3. The van der Waals surface area contributed by atoms with Crippen molar-refractivity contribution in [1.82, 2.24) is 5.32 Å². The molecule has 0 aromatic carbocycles. The van der Waals surface area contributed by atoms with E-state index in [1.54, 1.807) is 6.08 Å². The zero-order valence-electron chi connectivity index (χ0n) is 45.9. The first kappa shape index (κ1) is 66.3. The largest absolute Gasteiger partial charge is 0.466 e. The third-order valence-electron chi connectivity index (χ3n) is 14.2. The SMILES string of the molecule is CCCCCCCCC/C=C\CCCCCCCC(=O)OCCCCCCCCCCCCCCCCCCCCCCCCCC(=O)NC(CO)C(O)/C=C/CCCCCCCCCCCC. The lowest BCUT2D eigenvalue weighted by Crippen LogP contribution is -2.45. The Kier molecular flexibility index (Phi) is 56.5. The van der Waals surface area contributed by atoms with Crippen LogP contribution in [0.15, 0.2) is 24.3 Å². The molecule has 0 bridgehead atoms. The van der Waals surface area contributed by atoms with Crippen LogP contribution in [-0.2, 0) is 14.3 Å². The van der Waals surface area contributed by atoms with Crippen LogP contribution in [0, 0.1) is 0 Å². The molecule has 0 saturated carbocycles. The first-order valence-corrected chi connectivity index (χ1v) is 30.6. The first-order chi connectivity index (χ1) is 33.5. The summed E-state index contributed by atoms with van der Waals surface area (Å²) in [7, 11) is 0. The minimum absolute atomic E-state index is 0.00668. The van der Waals surface area contributed by atoms with Gasteiger partial charge in [-0.1, -0.05) is 289 Å². The van der Waals surface area contributed by atoms with Crippen molar-refractivity contribution in [3.63, 3.8) is 0 Å². The maximum absolute atomic E-state index is 12.4. The fourth-order valence-electron chi connectivity index (χ4n) is 9.51. The number of unbranched alkanes of at least 4 members (excludes halogenated alkanes) is 44. The average molecular weight is 959 g/mol. The highest BCUT2D eigenvalue weighted by Crippen LogP contribution is 2.17. The molecule has 1 amide bonds. The molecule has 6 nitrogen and oxygen atoms in total. The Bertz CT molecular complexity index is 1060. The van der Waals surface area contributed by atoms with E-state index in [9.17, 15) is 19.8 Å². The summed E-state index contributed by atoms with van der Waals surface area (Å²) in [6, 6.07) is -0.626. The van der Waals surface area contributed by atoms with Gasteiger partial charge in [0.1, 0.15) is 0 Å². The number of carbonyl (C=O) groups is 2. The molecule has 68 heavy (non-hydrogen) atoms. The van der Waals surface area contributed by atoms with Crippen LogP contribution in [0.5, 0.6) is 0 Å². The van der Waals surface area contributed by atoms with Crippen molar-refractivity contribution in [1.29, 1.82) is 0 Å². The van der Waals surface area contributed by atoms with E-state index in [1.165, 1.54) is 263 Å². The van der Waals surface area contributed by atoms with Crippen LogP contribution < -0.4 is 5.32 Å². The number of amides is 1. The molecule has 402 valence electrons. The van der Waals surface area contributed by atoms with E-state index in [2.05, 4.69) is 31.3 Å². The molecule has 0 rings (SSSR count). The van der Waals surface area contributed by atoms with Crippen molar-refractivity contribution >= 4 is 11.9 Å². The summed E-state index contributed by atoms with van der Waals surface area (Å²) in [5.41, 5.74) is 0. The second-order valence-electron chi connectivity index (χ2n) is 21.0. The topological polar surface area (TPSA) is 95.9 Å². The van der Waals surface area contributed by atoms with Gasteiger partial charge in [0.2, 0.25) is 5.91 Å². The molecule has 0 heterocycles. The maximum atomic E-state index is 12.4. The Morgan fingerprint density at radius 3 is 1.04 bits per heavy atom. The fraction of sp³-hybridized carbons (Fsp3) is 0.903. The molecule has 0 saturated heterocycles. The predicted octanol–water partition coefficient (Wildman–Crippen LogP) is 19.0. The Hall–Kier alpha value is -1.66. The number of ether oxygens (including phenoxy) is 1. The summed E-state index contributed by atoms with van der Waals surface area (Å²) in [5.74, 6) is -0.0606. The van der Waals surface area contributed by atoms with Gasteiger partial charge in [0, 0.05) is 12.8 Å². The molecule has 0 radical (unpaired) electrons. The normalized spacial score (nSPS) is 12.7. The molecule has 3 N–H and O–H groups in total. The molecule has 0 aliphatic rings. The van der Waals surface area contributed by atoms with Crippen LogP contribution >= 0.6 is 0 Å². The van der Waals surface area contributed by atoms with Crippen molar-refractivity contribution in [2.24, 2.45) is 0 Å². The lowest BCUT2D eigenvalue weighted by Gasteiger charge is -2.20. The van der Waals surface area contributed by atoms with Crippen LogP contribution in [0.1, 0.15) is 335 Å². The van der Waals surface area contributed by atoms with Gasteiger partial charge in [-0.2, -0.15) is 0 Å². The molecule has 2 atom stereocenters. The third kappa shape index (κ3) is 53.7. The van der Waals surface area contributed by atoms with Gasteiger partial charge in [0.05, 0.1) is 25.4 Å². The highest BCUT2D eigenvalue weighted by molar-refractivity contribution is 5.76.